The van der Waals surface area contributed by atoms with Gasteiger partial charge >= 0.3 is 0 Å². The lowest BCUT2D eigenvalue weighted by Crippen LogP contribution is -3.00. The lowest BCUT2D eigenvalue weighted by Gasteiger charge is -2.42. The van der Waals surface area contributed by atoms with Crippen molar-refractivity contribution in [3.05, 3.63) is 127 Å². The standard InChI is InChI=1S/C35H38O5P.HI/c1-35(2)39-31-30(38-34(36-3)33(32(31)40-35)37-24-26-16-8-4-9-17-26)25-41(27-18-10-5-11-19-27,28-20-12-6-13-21-28)29-22-14-7-15-23-29;/h4-23,30-34H,24-25H2,1-3H3;1H/q+1;/p-1/t30-,31+,32+,33-,34-;/m1./s1. The maximum atomic E-state index is 6.84. The number of hydrogen-bond acceptors (Lipinski definition) is 5. The minimum Gasteiger partial charge on any atom is -1.00 e. The summed E-state index contributed by atoms with van der Waals surface area (Å²) >= 11 is 0. The fourth-order valence-corrected chi connectivity index (χ4v) is 10.6. The summed E-state index contributed by atoms with van der Waals surface area (Å²) in [6, 6.07) is 42.7. The second kappa shape index (κ2) is 13.6. The Labute approximate surface area is 266 Å². The zero-order valence-electron chi connectivity index (χ0n) is 24.2. The van der Waals surface area contributed by atoms with Gasteiger partial charge in [0.05, 0.1) is 6.61 Å². The van der Waals surface area contributed by atoms with E-state index in [1.54, 1.807) is 7.11 Å². The average Bonchev–Trinajstić information content (AvgIpc) is 3.36. The van der Waals surface area contributed by atoms with E-state index < -0.39 is 25.4 Å². The first-order valence-electron chi connectivity index (χ1n) is 14.2. The molecule has 2 aliphatic rings. The van der Waals surface area contributed by atoms with Crippen molar-refractivity contribution < 1.29 is 47.7 Å². The van der Waals surface area contributed by atoms with Crippen LogP contribution in [-0.4, -0.2) is 49.8 Å². The van der Waals surface area contributed by atoms with Crippen LogP contribution in [0.3, 0.4) is 0 Å². The van der Waals surface area contributed by atoms with Crippen molar-refractivity contribution in [1.29, 1.82) is 0 Å². The molecule has 6 rings (SSSR count). The fraction of sp³-hybridized carbons (Fsp3) is 0.314. The average molecular weight is 697 g/mol. The van der Waals surface area contributed by atoms with Gasteiger partial charge in [-0.25, -0.2) is 0 Å². The van der Waals surface area contributed by atoms with E-state index in [4.69, 9.17) is 23.7 Å². The lowest BCUT2D eigenvalue weighted by atomic mass is 9.99. The molecule has 2 aliphatic heterocycles. The van der Waals surface area contributed by atoms with Crippen LogP contribution in [0, 0.1) is 0 Å². The molecular formula is C35H38IO5P. The van der Waals surface area contributed by atoms with Crippen LogP contribution in [0.25, 0.3) is 0 Å². The predicted octanol–water partition coefficient (Wildman–Crippen LogP) is 2.46. The largest absolute Gasteiger partial charge is 1.00 e. The molecule has 0 amide bonds. The molecule has 0 bridgehead atoms. The molecule has 0 unspecified atom stereocenters. The Morgan fingerprint density at radius 1 is 0.667 bits per heavy atom. The Balaban J connectivity index is 0.00000353. The summed E-state index contributed by atoms with van der Waals surface area (Å²) in [5, 5.41) is 3.89. The maximum absolute atomic E-state index is 6.84. The van der Waals surface area contributed by atoms with Crippen molar-refractivity contribution in [2.24, 2.45) is 0 Å². The molecule has 5 nitrogen and oxygen atoms in total. The van der Waals surface area contributed by atoms with Crippen LogP contribution in [0.15, 0.2) is 121 Å². The minimum absolute atomic E-state index is 0. The summed E-state index contributed by atoms with van der Waals surface area (Å²) in [6.45, 7) is 4.36. The molecule has 4 aromatic carbocycles. The highest BCUT2D eigenvalue weighted by atomic mass is 127. The van der Waals surface area contributed by atoms with Crippen LogP contribution in [-0.2, 0) is 30.3 Å². The molecule has 7 heteroatoms. The topological polar surface area (TPSA) is 46.2 Å². The van der Waals surface area contributed by atoms with Crippen molar-refractivity contribution in [2.45, 2.75) is 56.9 Å². The van der Waals surface area contributed by atoms with Gasteiger partial charge in [-0.2, -0.15) is 0 Å². The summed E-state index contributed by atoms with van der Waals surface area (Å²) in [5.74, 6) is -0.777. The highest BCUT2D eigenvalue weighted by Crippen LogP contribution is 2.57. The second-order valence-electron chi connectivity index (χ2n) is 11.1. The molecule has 0 radical (unpaired) electrons. The van der Waals surface area contributed by atoms with Crippen LogP contribution >= 0.6 is 7.26 Å². The van der Waals surface area contributed by atoms with Crippen molar-refractivity contribution in [1.82, 2.24) is 0 Å². The molecule has 0 spiro atoms. The molecule has 2 heterocycles. The molecule has 0 N–H and O–H groups in total. The number of methoxy groups -OCH3 is 1. The first kappa shape index (κ1) is 31.3. The molecular weight excluding hydrogens is 658 g/mol. The van der Waals surface area contributed by atoms with E-state index in [2.05, 4.69) is 103 Å². The summed E-state index contributed by atoms with van der Waals surface area (Å²) in [7, 11) is -0.513. The van der Waals surface area contributed by atoms with Crippen molar-refractivity contribution >= 4 is 23.2 Å². The molecule has 4 aromatic rings. The van der Waals surface area contributed by atoms with E-state index in [0.29, 0.717) is 6.61 Å². The summed E-state index contributed by atoms with van der Waals surface area (Å²) in [4.78, 5) is 0. The molecule has 2 fully saturated rings. The SMILES string of the molecule is CO[C@@H]1O[C@H](C[P+](c2ccccc2)(c2ccccc2)c2ccccc2)[C@@H]2OC(C)(C)O[C@@H]2[C@H]1OCc1ccccc1.[I-]. The van der Waals surface area contributed by atoms with Gasteiger partial charge in [-0.1, -0.05) is 84.9 Å². The van der Waals surface area contributed by atoms with E-state index >= 15 is 0 Å². The summed E-state index contributed by atoms with van der Waals surface area (Å²) in [6.07, 6.45) is -1.28. The summed E-state index contributed by atoms with van der Waals surface area (Å²) in [5.41, 5.74) is 1.08. The number of ether oxygens (including phenoxy) is 5. The number of halogens is 1. The Hall–Kier alpha value is -2.16. The Morgan fingerprint density at radius 2 is 1.12 bits per heavy atom. The van der Waals surface area contributed by atoms with Gasteiger partial charge in [0.15, 0.2) is 12.1 Å². The zero-order chi connectivity index (χ0) is 28.3. The van der Waals surface area contributed by atoms with Gasteiger partial charge in [0.25, 0.3) is 0 Å². The highest BCUT2D eigenvalue weighted by molar-refractivity contribution is 7.95. The van der Waals surface area contributed by atoms with E-state index in [9.17, 15) is 0 Å². The van der Waals surface area contributed by atoms with Crippen LogP contribution < -0.4 is 39.9 Å². The van der Waals surface area contributed by atoms with Crippen LogP contribution in [0.5, 0.6) is 0 Å². The molecule has 0 aromatic heterocycles. The van der Waals surface area contributed by atoms with E-state index in [-0.39, 0.29) is 42.3 Å². The molecule has 42 heavy (non-hydrogen) atoms. The minimum atomic E-state index is -2.19. The molecule has 2 saturated heterocycles. The van der Waals surface area contributed by atoms with Crippen molar-refractivity contribution in [3.8, 4) is 0 Å². The second-order valence-corrected chi connectivity index (χ2v) is 14.6. The van der Waals surface area contributed by atoms with Gasteiger partial charge in [0.1, 0.15) is 53.8 Å². The third-order valence-corrected chi connectivity index (χ3v) is 12.4. The Kier molecular flexibility index (Phi) is 10.2. The van der Waals surface area contributed by atoms with Gasteiger partial charge in [-0.05, 0) is 55.8 Å². The van der Waals surface area contributed by atoms with E-state index in [1.165, 1.54) is 15.9 Å². The van der Waals surface area contributed by atoms with Gasteiger partial charge < -0.3 is 47.7 Å². The number of rotatable bonds is 9. The first-order valence-corrected chi connectivity index (χ1v) is 16.2. The van der Waals surface area contributed by atoms with E-state index in [1.807, 2.05) is 32.0 Å². The van der Waals surface area contributed by atoms with Gasteiger partial charge in [0, 0.05) is 7.11 Å². The van der Waals surface area contributed by atoms with E-state index in [0.717, 1.165) is 11.7 Å². The monoisotopic (exact) mass is 696 g/mol. The number of fused-ring (bicyclic) bond motifs is 1. The zero-order valence-corrected chi connectivity index (χ0v) is 27.3. The van der Waals surface area contributed by atoms with Gasteiger partial charge in [-0.15, -0.1) is 0 Å². The molecule has 0 aliphatic carbocycles. The van der Waals surface area contributed by atoms with Crippen LogP contribution in [0.1, 0.15) is 19.4 Å². The quantitative estimate of drug-likeness (QED) is 0.199. The highest BCUT2D eigenvalue weighted by Gasteiger charge is 2.60. The third kappa shape index (κ3) is 6.36. The van der Waals surface area contributed by atoms with Crippen LogP contribution in [0.2, 0.25) is 0 Å². The smallest absolute Gasteiger partial charge is 0.186 e. The Morgan fingerprint density at radius 3 is 1.60 bits per heavy atom. The molecule has 0 saturated carbocycles. The lowest BCUT2D eigenvalue weighted by molar-refractivity contribution is -0.278. The normalized spacial score (nSPS) is 24.9. The molecule has 220 valence electrons. The van der Waals surface area contributed by atoms with Crippen molar-refractivity contribution in [2.75, 3.05) is 13.3 Å². The van der Waals surface area contributed by atoms with Gasteiger partial charge in [-0.3, -0.25) is 0 Å². The number of hydrogen-bond donors (Lipinski definition) is 0. The summed E-state index contributed by atoms with van der Waals surface area (Å²) < 4.78 is 32.4. The third-order valence-electron chi connectivity index (χ3n) is 7.99. The predicted molar refractivity (Wildman–Crippen MR) is 165 cm³/mol. The fourth-order valence-electron chi connectivity index (χ4n) is 6.20. The van der Waals surface area contributed by atoms with Crippen LogP contribution in [0.4, 0.5) is 0 Å². The first-order chi connectivity index (χ1) is 20.0. The van der Waals surface area contributed by atoms with Gasteiger partial charge in [0.2, 0.25) is 0 Å². The maximum Gasteiger partial charge on any atom is 0.186 e. The number of benzene rings is 4. The Bertz CT molecular complexity index is 1290. The van der Waals surface area contributed by atoms with Crippen molar-refractivity contribution in [3.63, 3.8) is 0 Å². The molecule has 5 atom stereocenters.